The highest BCUT2D eigenvalue weighted by Crippen LogP contribution is 2.22. The van der Waals surface area contributed by atoms with Crippen LogP contribution in [-0.2, 0) is 6.54 Å². The Morgan fingerprint density at radius 1 is 1.25 bits per heavy atom. The van der Waals surface area contributed by atoms with Crippen LogP contribution in [0.3, 0.4) is 0 Å². The second kappa shape index (κ2) is 4.85. The standard InChI is InChI=1S/C15H16N4O/c1-10-4-3-5-12-14(10)19(15(16)18-12)9-11-6-7-13(20-2)17-8-11/h3-8H,9H2,1-2H3,(H2,16,18). The van der Waals surface area contributed by atoms with Gasteiger partial charge >= 0.3 is 0 Å². The van der Waals surface area contributed by atoms with Crippen molar-refractivity contribution in [3.8, 4) is 5.88 Å². The van der Waals surface area contributed by atoms with Gasteiger partial charge in [0.2, 0.25) is 11.8 Å². The van der Waals surface area contributed by atoms with Crippen LogP contribution in [-0.4, -0.2) is 21.6 Å². The number of benzene rings is 1. The van der Waals surface area contributed by atoms with Gasteiger partial charge in [-0.15, -0.1) is 0 Å². The predicted octanol–water partition coefficient (Wildman–Crippen LogP) is 2.38. The van der Waals surface area contributed by atoms with Crippen molar-refractivity contribution in [2.45, 2.75) is 13.5 Å². The van der Waals surface area contributed by atoms with E-state index in [9.17, 15) is 0 Å². The van der Waals surface area contributed by atoms with Crippen LogP contribution in [0, 0.1) is 6.92 Å². The molecule has 20 heavy (non-hydrogen) atoms. The van der Waals surface area contributed by atoms with Crippen molar-refractivity contribution < 1.29 is 4.74 Å². The lowest BCUT2D eigenvalue weighted by atomic mass is 10.2. The molecule has 2 N–H and O–H groups in total. The summed E-state index contributed by atoms with van der Waals surface area (Å²) in [6, 6.07) is 9.85. The fourth-order valence-electron chi connectivity index (χ4n) is 2.35. The maximum Gasteiger partial charge on any atom is 0.212 e. The molecular weight excluding hydrogens is 252 g/mol. The molecule has 0 saturated carbocycles. The van der Waals surface area contributed by atoms with E-state index < -0.39 is 0 Å². The van der Waals surface area contributed by atoms with E-state index in [2.05, 4.69) is 23.0 Å². The first-order chi connectivity index (χ1) is 9.69. The predicted molar refractivity (Wildman–Crippen MR) is 78.8 cm³/mol. The summed E-state index contributed by atoms with van der Waals surface area (Å²) in [7, 11) is 1.60. The molecule has 0 bridgehead atoms. The first-order valence-corrected chi connectivity index (χ1v) is 6.39. The Morgan fingerprint density at radius 2 is 2.10 bits per heavy atom. The van der Waals surface area contributed by atoms with E-state index in [0.29, 0.717) is 18.4 Å². The van der Waals surface area contributed by atoms with Gasteiger partial charge in [-0.25, -0.2) is 9.97 Å². The van der Waals surface area contributed by atoms with E-state index in [-0.39, 0.29) is 0 Å². The maximum atomic E-state index is 6.03. The fourth-order valence-corrected chi connectivity index (χ4v) is 2.35. The third-order valence-corrected chi connectivity index (χ3v) is 3.35. The van der Waals surface area contributed by atoms with Gasteiger partial charge in [0.25, 0.3) is 0 Å². The number of rotatable bonds is 3. The number of aromatic nitrogens is 3. The van der Waals surface area contributed by atoms with Gasteiger partial charge in [-0.2, -0.15) is 0 Å². The maximum absolute atomic E-state index is 6.03. The number of anilines is 1. The number of methoxy groups -OCH3 is 1. The Balaban J connectivity index is 2.03. The van der Waals surface area contributed by atoms with Crippen LogP contribution < -0.4 is 10.5 Å². The molecule has 5 heteroatoms. The van der Waals surface area contributed by atoms with Gasteiger partial charge in [-0.05, 0) is 24.1 Å². The smallest absolute Gasteiger partial charge is 0.212 e. The van der Waals surface area contributed by atoms with E-state index >= 15 is 0 Å². The molecule has 3 aromatic rings. The lowest BCUT2D eigenvalue weighted by Crippen LogP contribution is -2.05. The van der Waals surface area contributed by atoms with Crippen molar-refractivity contribution in [2.24, 2.45) is 0 Å². The van der Waals surface area contributed by atoms with E-state index in [0.717, 1.165) is 22.2 Å². The normalized spacial score (nSPS) is 10.9. The van der Waals surface area contributed by atoms with Crippen LogP contribution in [0.4, 0.5) is 5.95 Å². The summed E-state index contributed by atoms with van der Waals surface area (Å²) in [6.07, 6.45) is 1.79. The molecule has 1 aromatic carbocycles. The van der Waals surface area contributed by atoms with Crippen LogP contribution in [0.5, 0.6) is 5.88 Å². The summed E-state index contributed by atoms with van der Waals surface area (Å²) in [4.78, 5) is 8.61. The fraction of sp³-hybridized carbons (Fsp3) is 0.200. The SMILES string of the molecule is COc1ccc(Cn2c(N)nc3cccc(C)c32)cn1. The van der Waals surface area contributed by atoms with Gasteiger partial charge < -0.3 is 15.0 Å². The molecule has 0 radical (unpaired) electrons. The average Bonchev–Trinajstić information content (AvgIpc) is 2.77. The molecule has 2 heterocycles. The number of nitrogen functional groups attached to an aromatic ring is 1. The summed E-state index contributed by atoms with van der Waals surface area (Å²) in [5.41, 5.74) is 10.2. The molecule has 102 valence electrons. The molecule has 0 aliphatic rings. The molecule has 0 aliphatic carbocycles. The molecule has 0 unspecified atom stereocenters. The average molecular weight is 268 g/mol. The van der Waals surface area contributed by atoms with Gasteiger partial charge in [0.15, 0.2) is 0 Å². The van der Waals surface area contributed by atoms with Gasteiger partial charge in [-0.3, -0.25) is 0 Å². The van der Waals surface area contributed by atoms with Gasteiger partial charge in [-0.1, -0.05) is 18.2 Å². The monoisotopic (exact) mass is 268 g/mol. The number of ether oxygens (including phenoxy) is 1. The van der Waals surface area contributed by atoms with Crippen LogP contribution >= 0.6 is 0 Å². The molecule has 3 rings (SSSR count). The Kier molecular flexibility index (Phi) is 3.02. The topological polar surface area (TPSA) is 66.0 Å². The van der Waals surface area contributed by atoms with Crippen LogP contribution in [0.25, 0.3) is 11.0 Å². The number of para-hydroxylation sites is 1. The van der Waals surface area contributed by atoms with Crippen molar-refractivity contribution in [3.05, 3.63) is 47.7 Å². The van der Waals surface area contributed by atoms with Gasteiger partial charge in [0.1, 0.15) is 0 Å². The first kappa shape index (κ1) is 12.5. The number of pyridine rings is 1. The molecule has 0 saturated heterocycles. The Morgan fingerprint density at radius 3 is 2.80 bits per heavy atom. The van der Waals surface area contributed by atoms with Crippen LogP contribution in [0.15, 0.2) is 36.5 Å². The number of nitrogens with two attached hydrogens (primary N) is 1. The number of hydrogen-bond donors (Lipinski definition) is 1. The van der Waals surface area contributed by atoms with Crippen LogP contribution in [0.1, 0.15) is 11.1 Å². The van der Waals surface area contributed by atoms with Crippen LogP contribution in [0.2, 0.25) is 0 Å². The quantitative estimate of drug-likeness (QED) is 0.792. The highest BCUT2D eigenvalue weighted by atomic mass is 16.5. The van der Waals surface area contributed by atoms with E-state index in [1.54, 1.807) is 13.3 Å². The molecule has 5 nitrogen and oxygen atoms in total. The largest absolute Gasteiger partial charge is 0.481 e. The van der Waals surface area contributed by atoms with Gasteiger partial charge in [0.05, 0.1) is 24.7 Å². The van der Waals surface area contributed by atoms with E-state index in [1.165, 1.54) is 0 Å². The molecule has 0 fully saturated rings. The van der Waals surface area contributed by atoms with Crippen molar-refractivity contribution in [3.63, 3.8) is 0 Å². The van der Waals surface area contributed by atoms with Crippen molar-refractivity contribution in [2.75, 3.05) is 12.8 Å². The lowest BCUT2D eigenvalue weighted by Gasteiger charge is -2.08. The third kappa shape index (κ3) is 2.07. The summed E-state index contributed by atoms with van der Waals surface area (Å²) >= 11 is 0. The Labute approximate surface area is 117 Å². The first-order valence-electron chi connectivity index (χ1n) is 6.39. The number of aryl methyl sites for hydroxylation is 1. The minimum atomic E-state index is 0.519. The molecule has 0 atom stereocenters. The second-order valence-electron chi connectivity index (χ2n) is 4.71. The number of hydrogen-bond acceptors (Lipinski definition) is 4. The van der Waals surface area contributed by atoms with Crippen molar-refractivity contribution >= 4 is 17.0 Å². The van der Waals surface area contributed by atoms with Crippen molar-refractivity contribution in [1.29, 1.82) is 0 Å². The van der Waals surface area contributed by atoms with Crippen molar-refractivity contribution in [1.82, 2.24) is 14.5 Å². The third-order valence-electron chi connectivity index (χ3n) is 3.35. The number of imidazole rings is 1. The molecule has 0 amide bonds. The Bertz CT molecular complexity index is 746. The highest BCUT2D eigenvalue weighted by Gasteiger charge is 2.10. The van der Waals surface area contributed by atoms with E-state index in [4.69, 9.17) is 10.5 Å². The minimum absolute atomic E-state index is 0.519. The zero-order valence-corrected chi connectivity index (χ0v) is 11.5. The summed E-state index contributed by atoms with van der Waals surface area (Å²) in [6.45, 7) is 2.70. The van der Waals surface area contributed by atoms with Gasteiger partial charge in [0, 0.05) is 12.3 Å². The molecule has 0 spiro atoms. The second-order valence-corrected chi connectivity index (χ2v) is 4.71. The minimum Gasteiger partial charge on any atom is -0.481 e. The number of nitrogens with zero attached hydrogens (tertiary/aromatic N) is 3. The molecule has 2 aromatic heterocycles. The zero-order chi connectivity index (χ0) is 14.1. The summed E-state index contributed by atoms with van der Waals surface area (Å²) in [5, 5.41) is 0. The molecule has 0 aliphatic heterocycles. The highest BCUT2D eigenvalue weighted by molar-refractivity contribution is 5.81. The summed E-state index contributed by atoms with van der Waals surface area (Å²) in [5.74, 6) is 1.12. The zero-order valence-electron chi connectivity index (χ0n) is 11.5. The Hall–Kier alpha value is -2.56. The summed E-state index contributed by atoms with van der Waals surface area (Å²) < 4.78 is 7.07. The van der Waals surface area contributed by atoms with E-state index in [1.807, 2.05) is 28.8 Å². The number of fused-ring (bicyclic) bond motifs is 1. The lowest BCUT2D eigenvalue weighted by molar-refractivity contribution is 0.397. The molecular formula is C15H16N4O.